The zero-order chi connectivity index (χ0) is 21.6. The second kappa shape index (κ2) is 9.40. The Kier molecular flexibility index (Phi) is 7.19. The lowest BCUT2D eigenvalue weighted by Crippen LogP contribution is -2.38. The number of carbonyl (C=O) groups excluding carboxylic acids is 4. The lowest BCUT2D eigenvalue weighted by Gasteiger charge is -2.19. The molecule has 0 bridgehead atoms. The van der Waals surface area contributed by atoms with Gasteiger partial charge in [-0.25, -0.2) is 4.79 Å². The third kappa shape index (κ3) is 6.48. The first-order chi connectivity index (χ1) is 13.6. The van der Waals surface area contributed by atoms with Gasteiger partial charge in [-0.15, -0.1) is 0 Å². The van der Waals surface area contributed by atoms with Gasteiger partial charge in [-0.1, -0.05) is 32.9 Å². The molecular weight excluding hydrogens is 378 g/mol. The number of imide groups is 1. The van der Waals surface area contributed by atoms with E-state index in [2.05, 4.69) is 26.1 Å². The van der Waals surface area contributed by atoms with Gasteiger partial charge in [0.05, 0.1) is 6.54 Å². The van der Waals surface area contributed by atoms with Crippen molar-refractivity contribution in [1.82, 2.24) is 15.1 Å². The number of hydrogen-bond acceptors (Lipinski definition) is 6. The zero-order valence-corrected chi connectivity index (χ0v) is 17.2. The molecule has 0 aromatic heterocycles. The molecule has 0 spiro atoms. The Morgan fingerprint density at radius 1 is 1.14 bits per heavy atom. The monoisotopic (exact) mass is 405 g/mol. The van der Waals surface area contributed by atoms with Crippen LogP contribution in [0.1, 0.15) is 26.3 Å². The van der Waals surface area contributed by atoms with E-state index in [-0.39, 0.29) is 25.1 Å². The van der Waals surface area contributed by atoms with Gasteiger partial charge in [0.15, 0.2) is 6.61 Å². The Labute approximate surface area is 169 Å². The summed E-state index contributed by atoms with van der Waals surface area (Å²) in [6.45, 7) is 5.81. The molecule has 1 fully saturated rings. The molecule has 1 saturated heterocycles. The Balaban J connectivity index is 1.63. The number of hydrogen-bond donors (Lipinski definition) is 1. The average molecular weight is 405 g/mol. The first kappa shape index (κ1) is 22.2. The highest BCUT2D eigenvalue weighted by atomic mass is 16.5. The van der Waals surface area contributed by atoms with Crippen molar-refractivity contribution in [3.05, 3.63) is 29.8 Å². The molecule has 0 radical (unpaired) electrons. The fourth-order valence-electron chi connectivity index (χ4n) is 2.61. The largest absolute Gasteiger partial charge is 0.492 e. The molecule has 1 heterocycles. The Morgan fingerprint density at radius 2 is 1.79 bits per heavy atom. The summed E-state index contributed by atoms with van der Waals surface area (Å²) in [5.74, 6) is -1.11. The topological polar surface area (TPSA) is 105 Å². The lowest BCUT2D eigenvalue weighted by atomic mass is 9.87. The number of ether oxygens (including phenoxy) is 2. The Morgan fingerprint density at radius 3 is 2.34 bits per heavy atom. The van der Waals surface area contributed by atoms with Crippen molar-refractivity contribution >= 4 is 23.8 Å². The van der Waals surface area contributed by atoms with Crippen LogP contribution in [-0.4, -0.2) is 73.5 Å². The first-order valence-corrected chi connectivity index (χ1v) is 9.29. The van der Waals surface area contributed by atoms with Gasteiger partial charge in [-0.05, 0) is 23.1 Å². The number of esters is 1. The number of nitrogens with one attached hydrogen (secondary N) is 1. The van der Waals surface area contributed by atoms with Crippen LogP contribution in [0.3, 0.4) is 0 Å². The van der Waals surface area contributed by atoms with Crippen LogP contribution in [0, 0.1) is 0 Å². The summed E-state index contributed by atoms with van der Waals surface area (Å²) in [5.41, 5.74) is 1.26. The summed E-state index contributed by atoms with van der Waals surface area (Å²) in [7, 11) is 1.46. The van der Waals surface area contributed by atoms with Crippen LogP contribution in [0.2, 0.25) is 0 Å². The fourth-order valence-corrected chi connectivity index (χ4v) is 2.61. The molecule has 1 aromatic rings. The molecule has 4 amide bonds. The molecule has 1 aliphatic rings. The highest BCUT2D eigenvalue weighted by Gasteiger charge is 2.35. The van der Waals surface area contributed by atoms with Crippen molar-refractivity contribution in [2.24, 2.45) is 0 Å². The van der Waals surface area contributed by atoms with Crippen LogP contribution < -0.4 is 10.1 Å². The third-order valence-corrected chi connectivity index (χ3v) is 4.30. The standard InChI is InChI=1S/C20H27N3O6/c1-20(2,3)14-5-7-15(8-6-14)28-10-9-21-16(24)13-29-18(26)12-23-17(25)11-22(4)19(23)27/h5-8H,9-13H2,1-4H3,(H,21,24). The summed E-state index contributed by atoms with van der Waals surface area (Å²) in [4.78, 5) is 48.7. The van der Waals surface area contributed by atoms with E-state index in [1.54, 1.807) is 0 Å². The molecule has 158 valence electrons. The normalized spacial score (nSPS) is 14.2. The second-order valence-electron chi connectivity index (χ2n) is 7.75. The van der Waals surface area contributed by atoms with E-state index in [0.717, 1.165) is 4.90 Å². The summed E-state index contributed by atoms with van der Waals surface area (Å²) >= 11 is 0. The molecule has 9 nitrogen and oxygen atoms in total. The maximum Gasteiger partial charge on any atom is 0.327 e. The van der Waals surface area contributed by atoms with Crippen molar-refractivity contribution in [3.8, 4) is 5.75 Å². The quantitative estimate of drug-likeness (QED) is 0.392. The average Bonchev–Trinajstić information content (AvgIpc) is 2.89. The predicted molar refractivity (Wildman–Crippen MR) is 104 cm³/mol. The van der Waals surface area contributed by atoms with E-state index in [0.29, 0.717) is 5.75 Å². The van der Waals surface area contributed by atoms with Crippen molar-refractivity contribution < 1.29 is 28.7 Å². The Hall–Kier alpha value is -3.10. The second-order valence-corrected chi connectivity index (χ2v) is 7.75. The van der Waals surface area contributed by atoms with Crippen LogP contribution in [-0.2, 0) is 24.5 Å². The summed E-state index contributed by atoms with van der Waals surface area (Å²) < 4.78 is 10.4. The molecule has 9 heteroatoms. The van der Waals surface area contributed by atoms with E-state index in [1.165, 1.54) is 17.5 Å². The van der Waals surface area contributed by atoms with Crippen LogP contribution in [0.5, 0.6) is 5.75 Å². The van der Waals surface area contributed by atoms with E-state index in [4.69, 9.17) is 9.47 Å². The van der Waals surface area contributed by atoms with E-state index < -0.39 is 37.0 Å². The molecule has 1 N–H and O–H groups in total. The Bertz CT molecular complexity index is 769. The number of amides is 4. The van der Waals surface area contributed by atoms with Crippen molar-refractivity contribution in [2.45, 2.75) is 26.2 Å². The fraction of sp³-hybridized carbons (Fsp3) is 0.500. The summed E-state index contributed by atoms with van der Waals surface area (Å²) in [6, 6.07) is 7.19. The van der Waals surface area contributed by atoms with Gasteiger partial charge in [0.2, 0.25) is 0 Å². The highest BCUT2D eigenvalue weighted by molar-refractivity contribution is 6.04. The van der Waals surface area contributed by atoms with Gasteiger partial charge < -0.3 is 19.7 Å². The van der Waals surface area contributed by atoms with Crippen LogP contribution >= 0.6 is 0 Å². The molecule has 0 saturated carbocycles. The summed E-state index contributed by atoms with van der Waals surface area (Å²) in [5, 5.41) is 2.57. The van der Waals surface area contributed by atoms with Crippen LogP contribution in [0.4, 0.5) is 4.79 Å². The molecule has 0 unspecified atom stereocenters. The van der Waals surface area contributed by atoms with E-state index in [1.807, 2.05) is 24.3 Å². The van der Waals surface area contributed by atoms with Gasteiger partial charge in [-0.2, -0.15) is 0 Å². The number of benzene rings is 1. The smallest absolute Gasteiger partial charge is 0.327 e. The number of rotatable bonds is 8. The van der Waals surface area contributed by atoms with Gasteiger partial charge in [-0.3, -0.25) is 19.3 Å². The van der Waals surface area contributed by atoms with Gasteiger partial charge in [0, 0.05) is 7.05 Å². The molecular formula is C20H27N3O6. The maximum atomic E-state index is 11.7. The SMILES string of the molecule is CN1CC(=O)N(CC(=O)OCC(=O)NCCOc2ccc(C(C)(C)C)cc2)C1=O. The van der Waals surface area contributed by atoms with Crippen LogP contribution in [0.15, 0.2) is 24.3 Å². The van der Waals surface area contributed by atoms with Crippen molar-refractivity contribution in [1.29, 1.82) is 0 Å². The number of carbonyl (C=O) groups is 4. The molecule has 0 atom stereocenters. The minimum Gasteiger partial charge on any atom is -0.492 e. The molecule has 29 heavy (non-hydrogen) atoms. The van der Waals surface area contributed by atoms with Crippen molar-refractivity contribution in [2.75, 3.05) is 39.9 Å². The summed E-state index contributed by atoms with van der Waals surface area (Å²) in [6.07, 6.45) is 0. The minimum absolute atomic E-state index is 0.0647. The molecule has 2 rings (SSSR count). The first-order valence-electron chi connectivity index (χ1n) is 9.29. The predicted octanol–water partition coefficient (Wildman–Crippen LogP) is 0.916. The van der Waals surface area contributed by atoms with Crippen molar-refractivity contribution in [3.63, 3.8) is 0 Å². The third-order valence-electron chi connectivity index (χ3n) is 4.30. The van der Waals surface area contributed by atoms with Gasteiger partial charge in [0.1, 0.15) is 25.4 Å². The molecule has 1 aromatic carbocycles. The number of urea groups is 1. The lowest BCUT2D eigenvalue weighted by molar-refractivity contribution is -0.150. The van der Waals surface area contributed by atoms with E-state index >= 15 is 0 Å². The zero-order valence-electron chi connectivity index (χ0n) is 17.2. The number of likely N-dealkylation sites (N-methyl/N-ethyl adjacent to an activating group) is 1. The van der Waals surface area contributed by atoms with Gasteiger partial charge >= 0.3 is 12.0 Å². The highest BCUT2D eigenvalue weighted by Crippen LogP contribution is 2.24. The number of nitrogens with zero attached hydrogens (tertiary/aromatic N) is 2. The van der Waals surface area contributed by atoms with E-state index in [9.17, 15) is 19.2 Å². The van der Waals surface area contributed by atoms with Crippen LogP contribution in [0.25, 0.3) is 0 Å². The maximum absolute atomic E-state index is 11.7. The van der Waals surface area contributed by atoms with Gasteiger partial charge in [0.25, 0.3) is 11.8 Å². The molecule has 1 aliphatic heterocycles. The minimum atomic E-state index is -0.827. The molecule has 0 aliphatic carbocycles.